The highest BCUT2D eigenvalue weighted by Crippen LogP contribution is 1.96. The van der Waals surface area contributed by atoms with Crippen molar-refractivity contribution in [2.45, 2.75) is 6.42 Å². The highest BCUT2D eigenvalue weighted by atomic mass is 16.2. The number of nitrogens with two attached hydrogens (primary N) is 1. The van der Waals surface area contributed by atoms with Crippen molar-refractivity contribution in [3.8, 4) is 0 Å². The van der Waals surface area contributed by atoms with Gasteiger partial charge < -0.3 is 0 Å². The Hall–Kier alpha value is -0.740. The van der Waals surface area contributed by atoms with Crippen molar-refractivity contribution in [2.24, 2.45) is 5.84 Å². The van der Waals surface area contributed by atoms with E-state index < -0.39 is 0 Å². The van der Waals surface area contributed by atoms with E-state index in [1.807, 2.05) is 0 Å². The molecular weight excluding hydrogens is 120 g/mol. The smallest absolute Gasteiger partial charge is 0.155 e. The molecule has 0 aromatic rings. The molecule has 1 aliphatic heterocycles. The molecule has 0 aromatic carbocycles. The lowest BCUT2D eigenvalue weighted by Crippen LogP contribution is -2.45. The summed E-state index contributed by atoms with van der Waals surface area (Å²) in [6.45, 7) is 0.428. The first-order chi connectivity index (χ1) is 4.18. The van der Waals surface area contributed by atoms with Gasteiger partial charge in [0.15, 0.2) is 11.6 Å². The molecule has 0 saturated carbocycles. The molecule has 4 heteroatoms. The Morgan fingerprint density at radius 1 is 1.22 bits per heavy atom. The molecule has 0 radical (unpaired) electrons. The maximum Gasteiger partial charge on any atom is 0.155 e. The van der Waals surface area contributed by atoms with E-state index in [9.17, 15) is 9.59 Å². The predicted octanol–water partition coefficient (Wildman–Crippen LogP) is -1.30. The lowest BCUT2D eigenvalue weighted by Gasteiger charge is -2.18. The number of hydrogen-bond donors (Lipinski definition) is 1. The summed E-state index contributed by atoms with van der Waals surface area (Å²) < 4.78 is 0. The Morgan fingerprint density at radius 3 is 2.00 bits per heavy atom. The molecule has 4 nitrogen and oxygen atoms in total. The van der Waals surface area contributed by atoms with Crippen LogP contribution in [-0.4, -0.2) is 29.7 Å². The van der Waals surface area contributed by atoms with Crippen LogP contribution < -0.4 is 5.84 Å². The van der Waals surface area contributed by atoms with Crippen LogP contribution in [0.2, 0.25) is 0 Å². The van der Waals surface area contributed by atoms with E-state index in [2.05, 4.69) is 0 Å². The van der Waals surface area contributed by atoms with Gasteiger partial charge in [0.2, 0.25) is 0 Å². The van der Waals surface area contributed by atoms with Crippen molar-refractivity contribution in [3.05, 3.63) is 0 Å². The van der Waals surface area contributed by atoms with Crippen LogP contribution in [0.1, 0.15) is 6.42 Å². The molecule has 0 aromatic heterocycles. The molecule has 1 saturated heterocycles. The first kappa shape index (κ1) is 6.38. The lowest BCUT2D eigenvalue weighted by molar-refractivity contribution is -0.132. The number of Topliss-reactive ketones (excluding diaryl/α,β-unsaturated/α-hetero) is 2. The molecule has 0 bridgehead atoms. The number of ketones is 2. The Bertz CT molecular complexity index is 139. The fourth-order valence-corrected chi connectivity index (χ4v) is 0.841. The molecule has 9 heavy (non-hydrogen) atoms. The van der Waals surface area contributed by atoms with Crippen LogP contribution in [0.4, 0.5) is 0 Å². The molecular formula is C5H8N2O2. The topological polar surface area (TPSA) is 63.4 Å². The van der Waals surface area contributed by atoms with Gasteiger partial charge in [0.05, 0.1) is 19.5 Å². The summed E-state index contributed by atoms with van der Waals surface area (Å²) in [6, 6.07) is 0. The van der Waals surface area contributed by atoms with E-state index in [1.165, 1.54) is 5.01 Å². The van der Waals surface area contributed by atoms with Crippen molar-refractivity contribution in [1.82, 2.24) is 5.01 Å². The van der Waals surface area contributed by atoms with Gasteiger partial charge in [0, 0.05) is 0 Å². The van der Waals surface area contributed by atoms with Crippen LogP contribution in [0.5, 0.6) is 0 Å². The molecule has 0 unspecified atom stereocenters. The number of hydrazine groups is 1. The summed E-state index contributed by atoms with van der Waals surface area (Å²) in [5.74, 6) is 5.03. The highest BCUT2D eigenvalue weighted by molar-refractivity contribution is 6.02. The van der Waals surface area contributed by atoms with Crippen LogP contribution in [-0.2, 0) is 9.59 Å². The summed E-state index contributed by atoms with van der Waals surface area (Å²) in [7, 11) is 0. The van der Waals surface area contributed by atoms with E-state index in [0.717, 1.165) is 0 Å². The van der Waals surface area contributed by atoms with Gasteiger partial charge in [-0.3, -0.25) is 15.4 Å². The first-order valence-corrected chi connectivity index (χ1v) is 2.71. The normalized spacial score (nSPS) is 22.8. The summed E-state index contributed by atoms with van der Waals surface area (Å²) in [5.41, 5.74) is 0. The molecule has 0 amide bonds. The van der Waals surface area contributed by atoms with Crippen LogP contribution in [0.3, 0.4) is 0 Å². The van der Waals surface area contributed by atoms with E-state index >= 15 is 0 Å². The van der Waals surface area contributed by atoms with Gasteiger partial charge in [-0.15, -0.1) is 0 Å². The zero-order valence-corrected chi connectivity index (χ0v) is 4.96. The van der Waals surface area contributed by atoms with Gasteiger partial charge >= 0.3 is 0 Å². The van der Waals surface area contributed by atoms with Crippen LogP contribution in [0, 0.1) is 0 Å². The predicted molar refractivity (Wildman–Crippen MR) is 30.4 cm³/mol. The Morgan fingerprint density at radius 2 is 1.67 bits per heavy atom. The summed E-state index contributed by atoms with van der Waals surface area (Å²) in [6.07, 6.45) is 0.0632. The molecule has 1 aliphatic rings. The van der Waals surface area contributed by atoms with Gasteiger partial charge in [-0.05, 0) is 0 Å². The Kier molecular flexibility index (Phi) is 1.59. The zero-order chi connectivity index (χ0) is 6.85. The van der Waals surface area contributed by atoms with Crippen molar-refractivity contribution in [3.63, 3.8) is 0 Å². The Labute approximate surface area is 52.6 Å². The average molecular weight is 128 g/mol. The second-order valence-corrected chi connectivity index (χ2v) is 2.16. The minimum absolute atomic E-state index is 0.0632. The number of rotatable bonds is 0. The number of carbonyl (C=O) groups excluding carboxylic acids is 2. The number of carbonyl (C=O) groups is 2. The monoisotopic (exact) mass is 128 g/mol. The highest BCUT2D eigenvalue weighted by Gasteiger charge is 2.19. The fourth-order valence-electron chi connectivity index (χ4n) is 0.841. The summed E-state index contributed by atoms with van der Waals surface area (Å²) in [4.78, 5) is 21.1. The second kappa shape index (κ2) is 2.24. The van der Waals surface area contributed by atoms with E-state index in [-0.39, 0.29) is 31.1 Å². The fraction of sp³-hybridized carbons (Fsp3) is 0.600. The Balaban J connectivity index is 2.53. The van der Waals surface area contributed by atoms with Gasteiger partial charge in [0.25, 0.3) is 0 Å². The van der Waals surface area contributed by atoms with Crippen molar-refractivity contribution in [2.75, 3.05) is 13.1 Å². The molecule has 50 valence electrons. The average Bonchev–Trinajstić information content (AvgIpc) is 1.59. The third kappa shape index (κ3) is 1.58. The molecule has 0 aliphatic carbocycles. The van der Waals surface area contributed by atoms with Gasteiger partial charge in [-0.1, -0.05) is 0 Å². The third-order valence-corrected chi connectivity index (χ3v) is 1.15. The third-order valence-electron chi connectivity index (χ3n) is 1.15. The van der Waals surface area contributed by atoms with Crippen molar-refractivity contribution in [1.29, 1.82) is 0 Å². The molecule has 0 atom stereocenters. The zero-order valence-electron chi connectivity index (χ0n) is 4.96. The largest absolute Gasteiger partial charge is 0.298 e. The number of nitrogens with zero attached hydrogens (tertiary/aromatic N) is 1. The SMILES string of the molecule is NN1CC(=O)CC(=O)C1. The molecule has 0 spiro atoms. The minimum Gasteiger partial charge on any atom is -0.298 e. The standard InChI is InChI=1S/C5H8N2O2/c6-7-2-4(8)1-5(9)3-7/h1-3,6H2. The summed E-state index contributed by atoms with van der Waals surface area (Å²) >= 11 is 0. The van der Waals surface area contributed by atoms with E-state index in [4.69, 9.17) is 5.84 Å². The minimum atomic E-state index is -0.0891. The van der Waals surface area contributed by atoms with Gasteiger partial charge in [-0.2, -0.15) is 0 Å². The van der Waals surface area contributed by atoms with E-state index in [0.29, 0.717) is 0 Å². The van der Waals surface area contributed by atoms with Crippen LogP contribution in [0.25, 0.3) is 0 Å². The second-order valence-electron chi connectivity index (χ2n) is 2.16. The molecule has 1 fully saturated rings. The maximum absolute atomic E-state index is 10.5. The quantitative estimate of drug-likeness (QED) is 0.325. The summed E-state index contributed by atoms with van der Waals surface area (Å²) in [5, 5.41) is 1.23. The molecule has 1 heterocycles. The van der Waals surface area contributed by atoms with Crippen molar-refractivity contribution >= 4 is 11.6 Å². The number of hydrogen-bond acceptors (Lipinski definition) is 4. The first-order valence-electron chi connectivity index (χ1n) is 2.71. The maximum atomic E-state index is 10.5. The number of piperidine rings is 1. The van der Waals surface area contributed by atoms with Crippen LogP contribution >= 0.6 is 0 Å². The molecule has 1 rings (SSSR count). The van der Waals surface area contributed by atoms with Crippen molar-refractivity contribution < 1.29 is 9.59 Å². The van der Waals surface area contributed by atoms with Gasteiger partial charge in [0.1, 0.15) is 0 Å². The van der Waals surface area contributed by atoms with Gasteiger partial charge in [-0.25, -0.2) is 5.01 Å². The van der Waals surface area contributed by atoms with E-state index in [1.54, 1.807) is 0 Å². The molecule has 2 N–H and O–H groups in total. The lowest BCUT2D eigenvalue weighted by atomic mass is 10.1. The van der Waals surface area contributed by atoms with Crippen LogP contribution in [0.15, 0.2) is 0 Å².